The molecule has 0 aromatic carbocycles. The molecule has 0 spiro atoms. The molecular weight excluding hydrogens is 332 g/mol. The van der Waals surface area contributed by atoms with E-state index in [1.165, 1.54) is 11.3 Å². The molecule has 1 saturated heterocycles. The van der Waals surface area contributed by atoms with Crippen LogP contribution in [0.3, 0.4) is 0 Å². The van der Waals surface area contributed by atoms with E-state index in [-0.39, 0.29) is 18.0 Å². The molecule has 0 saturated carbocycles. The van der Waals surface area contributed by atoms with Crippen LogP contribution in [0, 0.1) is 0 Å². The molecule has 0 bridgehead atoms. The molecule has 19 heavy (non-hydrogen) atoms. The number of carbonyl (C=O) groups excluding carboxylic acids is 1. The summed E-state index contributed by atoms with van der Waals surface area (Å²) in [4.78, 5) is 12.5. The van der Waals surface area contributed by atoms with Crippen LogP contribution in [0.4, 0.5) is 6.01 Å². The predicted molar refractivity (Wildman–Crippen MR) is 74.2 cm³/mol. The summed E-state index contributed by atoms with van der Waals surface area (Å²) >= 11 is 4.66. The van der Waals surface area contributed by atoms with Gasteiger partial charge in [-0.15, -0.1) is 16.4 Å². The first-order chi connectivity index (χ1) is 9.24. The maximum atomic E-state index is 12.0. The Balaban J connectivity index is 1.70. The molecule has 1 aliphatic rings. The van der Waals surface area contributed by atoms with Crippen LogP contribution >= 0.6 is 27.3 Å². The van der Waals surface area contributed by atoms with Crippen molar-refractivity contribution in [1.82, 2.24) is 15.5 Å². The smallest absolute Gasteiger partial charge is 0.322 e. The number of rotatable bonds is 3. The van der Waals surface area contributed by atoms with Gasteiger partial charge in [0.1, 0.15) is 4.88 Å². The van der Waals surface area contributed by atoms with Crippen LogP contribution in [0.5, 0.6) is 0 Å². The van der Waals surface area contributed by atoms with Crippen molar-refractivity contribution in [2.75, 3.05) is 11.9 Å². The second-order valence-corrected chi connectivity index (χ2v) is 5.92. The molecule has 1 fully saturated rings. The van der Waals surface area contributed by atoms with E-state index in [0.29, 0.717) is 10.8 Å². The summed E-state index contributed by atoms with van der Waals surface area (Å²) in [6.45, 7) is 0.955. The molecule has 100 valence electrons. The van der Waals surface area contributed by atoms with Crippen molar-refractivity contribution in [1.29, 1.82) is 0 Å². The summed E-state index contributed by atoms with van der Waals surface area (Å²) in [7, 11) is 0. The Morgan fingerprint density at radius 2 is 2.47 bits per heavy atom. The van der Waals surface area contributed by atoms with Gasteiger partial charge in [-0.25, -0.2) is 0 Å². The van der Waals surface area contributed by atoms with Gasteiger partial charge in [0.15, 0.2) is 0 Å². The molecule has 2 aromatic rings. The van der Waals surface area contributed by atoms with E-state index in [0.717, 1.165) is 23.9 Å². The van der Waals surface area contributed by atoms with Crippen molar-refractivity contribution >= 4 is 39.2 Å². The number of aromatic nitrogens is 2. The number of nitrogens with one attached hydrogen (secondary N) is 2. The molecule has 1 amide bonds. The van der Waals surface area contributed by atoms with Crippen molar-refractivity contribution in [3.8, 4) is 0 Å². The zero-order chi connectivity index (χ0) is 13.2. The number of anilines is 1. The Bertz CT molecular complexity index is 591. The zero-order valence-corrected chi connectivity index (χ0v) is 12.3. The highest BCUT2D eigenvalue weighted by Gasteiger charge is 2.23. The SMILES string of the molecule is O=C(Nc1nnc(C2CCCN2)o1)c1sccc1Br. The fourth-order valence-corrected chi connectivity index (χ4v) is 3.38. The summed E-state index contributed by atoms with van der Waals surface area (Å²) in [5, 5.41) is 15.5. The fraction of sp³-hybridized carbons (Fsp3) is 0.364. The highest BCUT2D eigenvalue weighted by molar-refractivity contribution is 9.10. The van der Waals surface area contributed by atoms with E-state index in [2.05, 4.69) is 36.8 Å². The lowest BCUT2D eigenvalue weighted by Crippen LogP contribution is -2.13. The van der Waals surface area contributed by atoms with Crippen molar-refractivity contribution in [2.24, 2.45) is 0 Å². The second kappa shape index (κ2) is 5.40. The number of halogens is 1. The van der Waals surface area contributed by atoms with Gasteiger partial charge in [0, 0.05) is 4.47 Å². The third kappa shape index (κ3) is 2.70. The molecule has 2 aromatic heterocycles. The van der Waals surface area contributed by atoms with Gasteiger partial charge in [-0.05, 0) is 46.8 Å². The van der Waals surface area contributed by atoms with E-state index in [9.17, 15) is 4.79 Å². The number of nitrogens with zero attached hydrogens (tertiary/aromatic N) is 2. The Morgan fingerprint density at radius 3 is 3.16 bits per heavy atom. The average molecular weight is 343 g/mol. The van der Waals surface area contributed by atoms with Crippen molar-refractivity contribution in [2.45, 2.75) is 18.9 Å². The van der Waals surface area contributed by atoms with Crippen molar-refractivity contribution < 1.29 is 9.21 Å². The zero-order valence-electron chi connectivity index (χ0n) is 9.85. The maximum absolute atomic E-state index is 12.0. The Kier molecular flexibility index (Phi) is 3.63. The standard InChI is InChI=1S/C11H11BrN4O2S/c12-6-3-5-19-8(6)9(17)14-11-16-15-10(18-11)7-2-1-4-13-7/h3,5,7,13H,1-2,4H2,(H,14,16,17). The number of carbonyl (C=O) groups is 1. The molecule has 0 radical (unpaired) electrons. The van der Waals surface area contributed by atoms with Crippen LogP contribution in [-0.4, -0.2) is 22.6 Å². The second-order valence-electron chi connectivity index (χ2n) is 4.15. The highest BCUT2D eigenvalue weighted by Crippen LogP contribution is 2.25. The predicted octanol–water partition coefficient (Wildman–Crippen LogP) is 2.57. The summed E-state index contributed by atoms with van der Waals surface area (Å²) < 4.78 is 6.21. The maximum Gasteiger partial charge on any atom is 0.322 e. The van der Waals surface area contributed by atoms with Crippen LogP contribution < -0.4 is 10.6 Å². The monoisotopic (exact) mass is 342 g/mol. The van der Waals surface area contributed by atoms with Gasteiger partial charge in [0.2, 0.25) is 5.89 Å². The van der Waals surface area contributed by atoms with Gasteiger partial charge in [0.25, 0.3) is 5.91 Å². The third-order valence-electron chi connectivity index (χ3n) is 2.84. The molecule has 0 aliphatic carbocycles. The minimum Gasteiger partial charge on any atom is -0.406 e. The van der Waals surface area contributed by atoms with Crippen LogP contribution in [0.25, 0.3) is 0 Å². The molecule has 3 rings (SSSR count). The third-order valence-corrected chi connectivity index (χ3v) is 4.68. The van der Waals surface area contributed by atoms with E-state index >= 15 is 0 Å². The summed E-state index contributed by atoms with van der Waals surface area (Å²) in [6.07, 6.45) is 2.07. The first-order valence-corrected chi connectivity index (χ1v) is 7.52. The normalized spacial score (nSPS) is 18.7. The van der Waals surface area contributed by atoms with Gasteiger partial charge >= 0.3 is 6.01 Å². The van der Waals surface area contributed by atoms with E-state index in [1.807, 2.05) is 11.4 Å². The molecule has 8 heteroatoms. The molecule has 1 aliphatic heterocycles. The topological polar surface area (TPSA) is 80.0 Å². The molecule has 1 atom stereocenters. The first kappa shape index (κ1) is 12.8. The highest BCUT2D eigenvalue weighted by atomic mass is 79.9. The Labute approximate surface area is 121 Å². The summed E-state index contributed by atoms with van der Waals surface area (Å²) in [6, 6.07) is 2.06. The summed E-state index contributed by atoms with van der Waals surface area (Å²) in [5.74, 6) is 0.273. The fourth-order valence-electron chi connectivity index (χ4n) is 1.93. The number of thiophene rings is 1. The first-order valence-electron chi connectivity index (χ1n) is 5.85. The van der Waals surface area contributed by atoms with Gasteiger partial charge in [-0.2, -0.15) is 0 Å². The Hall–Kier alpha value is -1.25. The van der Waals surface area contributed by atoms with Crippen molar-refractivity contribution in [3.63, 3.8) is 0 Å². The van der Waals surface area contributed by atoms with E-state index in [4.69, 9.17) is 4.42 Å². The molecule has 6 nitrogen and oxygen atoms in total. The minimum absolute atomic E-state index is 0.103. The van der Waals surface area contributed by atoms with E-state index in [1.54, 1.807) is 0 Å². The number of hydrogen-bond donors (Lipinski definition) is 2. The van der Waals surface area contributed by atoms with Crippen LogP contribution in [-0.2, 0) is 0 Å². The van der Waals surface area contributed by atoms with Crippen LogP contribution in [0.15, 0.2) is 20.3 Å². The summed E-state index contributed by atoms with van der Waals surface area (Å²) in [5.41, 5.74) is 0. The van der Waals surface area contributed by atoms with Gasteiger partial charge in [-0.3, -0.25) is 10.1 Å². The largest absolute Gasteiger partial charge is 0.406 e. The lowest BCUT2D eigenvalue weighted by molar-refractivity contribution is 0.102. The van der Waals surface area contributed by atoms with Crippen LogP contribution in [0.1, 0.15) is 34.4 Å². The minimum atomic E-state index is -0.253. The van der Waals surface area contributed by atoms with E-state index < -0.39 is 0 Å². The number of hydrogen-bond acceptors (Lipinski definition) is 6. The van der Waals surface area contributed by atoms with Gasteiger partial charge in [-0.1, -0.05) is 5.10 Å². The van der Waals surface area contributed by atoms with Gasteiger partial charge in [0.05, 0.1) is 6.04 Å². The molecule has 2 N–H and O–H groups in total. The van der Waals surface area contributed by atoms with Crippen molar-refractivity contribution in [3.05, 3.63) is 26.7 Å². The molecule has 3 heterocycles. The van der Waals surface area contributed by atoms with Crippen LogP contribution in [0.2, 0.25) is 0 Å². The molecule has 1 unspecified atom stereocenters. The number of amides is 1. The molecular formula is C11H11BrN4O2S. The Morgan fingerprint density at radius 1 is 1.58 bits per heavy atom. The average Bonchev–Trinajstić information content (AvgIpc) is 3.07. The quantitative estimate of drug-likeness (QED) is 0.895. The lowest BCUT2D eigenvalue weighted by atomic mass is 10.2. The lowest BCUT2D eigenvalue weighted by Gasteiger charge is -2.02. The van der Waals surface area contributed by atoms with Gasteiger partial charge < -0.3 is 9.73 Å².